The second-order valence-electron chi connectivity index (χ2n) is 28.7. The molecular weight excluding hydrogens is 2650 g/mol. The molecule has 20 rings (SSSR count). The van der Waals surface area contributed by atoms with Gasteiger partial charge in [-0.05, 0) is 158 Å². The smallest absolute Gasteiger partial charge is 0.421 e. The van der Waals surface area contributed by atoms with Gasteiger partial charge in [0.1, 0.15) is 23.0 Å². The number of aromatic hydroxyl groups is 4. The van der Waals surface area contributed by atoms with Crippen LogP contribution in [0, 0.1) is 64.8 Å². The molecule has 0 atom stereocenters. The zero-order chi connectivity index (χ0) is 101. The first-order valence-electron chi connectivity index (χ1n) is 40.8. The van der Waals surface area contributed by atoms with Crippen LogP contribution in [-0.4, -0.2) is 141 Å². The van der Waals surface area contributed by atoms with E-state index in [1.807, 2.05) is 24.3 Å². The molecule has 20 aromatic rings. The molecule has 0 saturated heterocycles. The zero-order valence-corrected chi connectivity index (χ0v) is 84.5. The van der Waals surface area contributed by atoms with Crippen LogP contribution in [-0.2, 0) is 105 Å². The molecule has 16 aromatic heterocycles. The van der Waals surface area contributed by atoms with E-state index in [2.05, 4.69) is 145 Å². The maximum absolute atomic E-state index is 12.6. The van der Waals surface area contributed by atoms with Crippen molar-refractivity contribution in [3.8, 4) is 160 Å². The van der Waals surface area contributed by atoms with Crippen molar-refractivity contribution in [2.24, 2.45) is 0 Å². The van der Waals surface area contributed by atoms with Crippen LogP contribution in [0.25, 0.3) is 137 Å². The van der Waals surface area contributed by atoms with Gasteiger partial charge >= 0.3 is 24.7 Å². The van der Waals surface area contributed by atoms with Gasteiger partial charge in [-0.2, -0.15) is 62.6 Å². The molecule has 4 N–H and O–H groups in total. The summed E-state index contributed by atoms with van der Waals surface area (Å²) in [5, 5.41) is 70.2. The first-order chi connectivity index (χ1) is 68.1. The van der Waals surface area contributed by atoms with Gasteiger partial charge in [0.25, 0.3) is 23.6 Å². The Morgan fingerprint density at radius 1 is 0.288 bits per heavy atom. The van der Waals surface area contributed by atoms with Crippen molar-refractivity contribution in [1.82, 2.24) is 121 Å². The predicted octanol–water partition coefficient (Wildman–Crippen LogP) is 21.1. The van der Waals surface area contributed by atoms with Crippen LogP contribution in [0.3, 0.4) is 0 Å². The summed E-state index contributed by atoms with van der Waals surface area (Å²) >= 11 is 0. The summed E-state index contributed by atoms with van der Waals surface area (Å²) < 4.78 is 184. The average Bonchev–Trinajstić information content (AvgIpc) is 1.54. The minimum Gasteiger partial charge on any atom is -0.507 e. The standard InChI is InChI=1S/4C13H9N3O2.C12H9F3N3.C11H6F4N3.2C11H7F3N3.4Ir/c4*17-11-6-2-1-5-10(11)13-16-15-12(18-13)9-4-3-7-14-8-9;1-7-5-16-11(17-6-7)9-3-8(2)18-10(4-9)12(13,14)15;1-6-7(8-4-17-10(12)5-16-8)2-3-9(18-6)11(13,14)15;1-7-4-8(9-6-15-2-3-16-9)5-10(17-7)11(12,13)14;1-7-8(9-6-15-4-5-16-9)2-3-10(17-7)11(12,13)14;;;;/h4*1-8,17H;3,5-6H,1-2H3;3-5H,1H3;2-4,6H,1H3;3-6H,1H3;;;;/q;;;;4*-1;;;;. The average molecular weight is 2710 g/mol. The topological polar surface area (TPSA) is 443 Å². The molecule has 4 radical (unpaired) electrons. The molecule has 32 nitrogen and oxygen atoms in total. The fraction of sp³-hybridized carbons (Fsp3) is 0.0928. The van der Waals surface area contributed by atoms with Gasteiger partial charge in [-0.3, -0.25) is 44.9 Å². The van der Waals surface area contributed by atoms with Crippen molar-refractivity contribution < 1.29 is 176 Å². The number of phenols is 4. The molecule has 0 saturated carbocycles. The summed E-state index contributed by atoms with van der Waals surface area (Å²) in [4.78, 5) is 60.3. The molecule has 16 heterocycles. The van der Waals surface area contributed by atoms with E-state index >= 15 is 0 Å². The van der Waals surface area contributed by atoms with Crippen LogP contribution in [0.1, 0.15) is 51.1 Å². The van der Waals surface area contributed by atoms with Crippen LogP contribution in [0.4, 0.5) is 57.1 Å². The Hall–Kier alpha value is -16.2. The van der Waals surface area contributed by atoms with Crippen molar-refractivity contribution in [1.29, 1.82) is 0 Å². The minimum absolute atomic E-state index is 0. The van der Waals surface area contributed by atoms with Crippen molar-refractivity contribution >= 4 is 0 Å². The second kappa shape index (κ2) is 52.7. The van der Waals surface area contributed by atoms with Gasteiger partial charge in [0.15, 0.2) is 0 Å². The van der Waals surface area contributed by atoms with Crippen molar-refractivity contribution in [3.05, 3.63) is 363 Å². The van der Waals surface area contributed by atoms with Crippen LogP contribution in [0.2, 0.25) is 0 Å². The normalized spacial score (nSPS) is 10.7. The Bertz CT molecular complexity index is 7050. The summed E-state index contributed by atoms with van der Waals surface area (Å²) in [7, 11) is 0. The van der Waals surface area contributed by atoms with E-state index in [9.17, 15) is 77.5 Å². The molecule has 0 unspecified atom stereocenters. The van der Waals surface area contributed by atoms with E-state index in [1.165, 1.54) is 77.0 Å². The monoisotopic (exact) mass is 2710 g/mol. The third kappa shape index (κ3) is 31.9. The molecule has 4 aromatic carbocycles. The fourth-order valence-electron chi connectivity index (χ4n) is 11.8. The van der Waals surface area contributed by atoms with Gasteiger partial charge in [-0.1, -0.05) is 62.4 Å². The Labute approximate surface area is 871 Å². The van der Waals surface area contributed by atoms with Crippen LogP contribution in [0.15, 0.2) is 299 Å². The molecule has 49 heteroatoms. The van der Waals surface area contributed by atoms with Gasteiger partial charge in [-0.25, -0.2) is 4.98 Å². The summed E-state index contributed by atoms with van der Waals surface area (Å²) in [6.07, 6.45) is 8.94. The number of halogens is 13. The molecule has 0 aliphatic carbocycles. The molecule has 0 amide bonds. The van der Waals surface area contributed by atoms with Gasteiger partial charge < -0.3 is 68.0 Å². The third-order valence-electron chi connectivity index (χ3n) is 18.3. The first-order valence-corrected chi connectivity index (χ1v) is 40.8. The number of aromatic nitrogens is 24. The van der Waals surface area contributed by atoms with Gasteiger partial charge in [0.2, 0.25) is 29.5 Å². The Morgan fingerprint density at radius 2 is 0.596 bits per heavy atom. The molecule has 0 aliphatic heterocycles. The third-order valence-corrected chi connectivity index (χ3v) is 18.3. The number of para-hydroxylation sites is 4. The largest absolute Gasteiger partial charge is 0.507 e. The van der Waals surface area contributed by atoms with Gasteiger partial charge in [0, 0.05) is 197 Å². The zero-order valence-electron chi connectivity index (χ0n) is 75.0. The number of pyridine rings is 8. The van der Waals surface area contributed by atoms with Crippen molar-refractivity contribution in [2.45, 2.75) is 59.3 Å². The number of rotatable bonds is 12. The van der Waals surface area contributed by atoms with Crippen molar-refractivity contribution in [2.75, 3.05) is 0 Å². The number of benzene rings is 4. The second-order valence-corrected chi connectivity index (χ2v) is 28.7. The number of hydrogen-bond donors (Lipinski definition) is 4. The van der Waals surface area contributed by atoms with Crippen LogP contribution >= 0.6 is 0 Å². The molecular formula is C97H65F13Ir4N24O8-4. The number of hydrogen-bond acceptors (Lipinski definition) is 32. The Kier molecular flexibility index (Phi) is 41.0. The molecule has 0 spiro atoms. The number of alkyl halides is 12. The molecule has 0 aliphatic rings. The molecule has 0 fully saturated rings. The Balaban J connectivity index is 0.000000185. The summed E-state index contributed by atoms with van der Waals surface area (Å²) in [6.45, 7) is 7.65. The van der Waals surface area contributed by atoms with E-state index in [1.54, 1.807) is 190 Å². The van der Waals surface area contributed by atoms with Crippen LogP contribution < -0.4 is 0 Å². The Morgan fingerprint density at radius 3 is 0.884 bits per heavy atom. The van der Waals surface area contributed by atoms with E-state index in [0.717, 1.165) is 52.3 Å². The number of nitrogens with zero attached hydrogens (tertiary/aromatic N) is 24. The maximum Gasteiger partial charge on any atom is 0.421 e. The first kappa shape index (κ1) is 113. The van der Waals surface area contributed by atoms with Gasteiger partial charge in [-0.15, -0.1) is 106 Å². The molecule has 0 bridgehead atoms. The minimum atomic E-state index is -4.52. The quantitative estimate of drug-likeness (QED) is 0.0652. The van der Waals surface area contributed by atoms with E-state index in [0.29, 0.717) is 62.8 Å². The van der Waals surface area contributed by atoms with Crippen LogP contribution in [0.5, 0.6) is 23.0 Å². The molecule has 752 valence electrons. The number of phenolic OH excluding ortho intramolecular Hbond substituents is 4. The predicted molar refractivity (Wildman–Crippen MR) is 479 cm³/mol. The summed E-state index contributed by atoms with van der Waals surface area (Å²) in [6, 6.07) is 55.6. The van der Waals surface area contributed by atoms with E-state index in [4.69, 9.17) is 17.7 Å². The summed E-state index contributed by atoms with van der Waals surface area (Å²) in [5.41, 5.74) is 4.72. The number of aryl methyl sites for hydroxylation is 5. The maximum atomic E-state index is 12.6. The van der Waals surface area contributed by atoms with Crippen molar-refractivity contribution in [3.63, 3.8) is 0 Å². The fourth-order valence-corrected chi connectivity index (χ4v) is 11.8. The molecule has 146 heavy (non-hydrogen) atoms. The van der Waals surface area contributed by atoms with E-state index < -0.39 is 53.4 Å². The summed E-state index contributed by atoms with van der Waals surface area (Å²) in [5.74, 6) is 2.52. The van der Waals surface area contributed by atoms with Gasteiger partial charge in [0.05, 0.1) is 73.5 Å². The SMILES string of the molecule is Cc1cc(-c2cnccn2)[c-]c(C(F)(F)F)n1.Cc1cnc(-c2[c-]c(C(F)(F)F)nc(C)c2)nc1.Cc1nc(C(F)(F)F)c[c-]c1-c1cnc(F)cn1.Cc1nc(C(F)(F)F)c[c-]c1-c1cnccn1.Oc1ccccc1-c1nnc(-c2cccnc2)o1.Oc1ccccc1-c1nnc(-c2cccnc2)o1.Oc1ccccc1-c1nnc(-c2cccnc2)o1.Oc1ccccc1-c1nnc(-c2cccnc2)o1.[Ir].[Ir].[Ir].[Ir]. The van der Waals surface area contributed by atoms with E-state index in [-0.39, 0.29) is 178 Å².